The number of fused-ring (bicyclic) bond motifs is 1. The number of piperidine rings is 1. The van der Waals surface area contributed by atoms with Gasteiger partial charge in [0.25, 0.3) is 0 Å². The second-order valence-corrected chi connectivity index (χ2v) is 17.2. The molecule has 1 saturated heterocycles. The van der Waals surface area contributed by atoms with Crippen molar-refractivity contribution >= 4 is 31.8 Å². The molecule has 0 amide bonds. The Kier molecular flexibility index (Phi) is 7.48. The first kappa shape index (κ1) is 25.4. The molecule has 5 rings (SSSR count). The van der Waals surface area contributed by atoms with Crippen molar-refractivity contribution in [2.24, 2.45) is 0 Å². The van der Waals surface area contributed by atoms with Crippen molar-refractivity contribution in [2.75, 3.05) is 24.6 Å². The highest BCUT2D eigenvalue weighted by Gasteiger charge is 2.40. The van der Waals surface area contributed by atoms with Crippen molar-refractivity contribution in [3.63, 3.8) is 0 Å². The number of pyridine rings is 1. The van der Waals surface area contributed by atoms with E-state index in [4.69, 9.17) is 9.72 Å². The highest BCUT2D eigenvalue weighted by molar-refractivity contribution is 6.76. The fourth-order valence-electron chi connectivity index (χ4n) is 5.44. The Bertz CT molecular complexity index is 1160. The monoisotopic (exact) mass is 506 g/mol. The Morgan fingerprint density at radius 2 is 2.00 bits per heavy atom. The molecule has 0 radical (unpaired) electrons. The van der Waals surface area contributed by atoms with Gasteiger partial charge in [-0.25, -0.2) is 4.98 Å². The summed E-state index contributed by atoms with van der Waals surface area (Å²) in [5, 5.41) is 20.2. The van der Waals surface area contributed by atoms with Crippen molar-refractivity contribution in [3.05, 3.63) is 36.8 Å². The summed E-state index contributed by atoms with van der Waals surface area (Å²) in [7, 11) is -1.57. The molecule has 4 heterocycles. The fraction of sp³-hybridized carbons (Fsp3) is 0.577. The Labute approximate surface area is 215 Å². The number of anilines is 1. The largest absolute Gasteiger partial charge is 0.437 e. The van der Waals surface area contributed by atoms with Gasteiger partial charge in [0.1, 0.15) is 12.4 Å². The van der Waals surface area contributed by atoms with Gasteiger partial charge < -0.3 is 24.0 Å². The number of aromatic nitrogens is 4. The van der Waals surface area contributed by atoms with Gasteiger partial charge >= 0.3 is 7.05 Å². The predicted molar refractivity (Wildman–Crippen MR) is 149 cm³/mol. The van der Waals surface area contributed by atoms with Crippen LogP contribution >= 0.6 is 0 Å². The summed E-state index contributed by atoms with van der Waals surface area (Å²) in [5.74, 6) is 0. The Balaban J connectivity index is 1.48. The Morgan fingerprint density at radius 3 is 2.69 bits per heavy atom. The molecule has 3 aromatic heterocycles. The van der Waals surface area contributed by atoms with Gasteiger partial charge in [0.2, 0.25) is 0 Å². The minimum atomic E-state index is -1.15. The molecule has 1 N–H and O–H groups in total. The van der Waals surface area contributed by atoms with Gasteiger partial charge in [-0.1, -0.05) is 19.6 Å². The zero-order valence-corrected chi connectivity index (χ0v) is 23.1. The van der Waals surface area contributed by atoms with Crippen molar-refractivity contribution in [1.29, 1.82) is 0 Å². The predicted octanol–water partition coefficient (Wildman–Crippen LogP) is 4.35. The topological polar surface area (TPSA) is 79.5 Å². The molecule has 8 nitrogen and oxygen atoms in total. The highest BCUT2D eigenvalue weighted by atomic mass is 28.3. The third-order valence-corrected chi connectivity index (χ3v) is 9.07. The standard InChI is InChI=1S/C26H39BN6O2Si/c1-27(34)33(20-9-10-20)21-7-6-14-31(17-21)24-11-13-28-26-25(24)22(23-8-5-12-29-30-23)18-32(26)19-35-15-16-36(2,3)4/h5,8,11-13,18,20-21,34H,6-7,9-10,14-17,19H2,1-4H3/t21-/m0/s1. The van der Waals surface area contributed by atoms with Crippen LogP contribution in [0.4, 0.5) is 5.69 Å². The average molecular weight is 507 g/mol. The third-order valence-electron chi connectivity index (χ3n) is 7.37. The smallest absolute Gasteiger partial charge is 0.376 e. The lowest BCUT2D eigenvalue weighted by Crippen LogP contribution is -2.54. The molecule has 2 aliphatic rings. The molecule has 1 aliphatic heterocycles. The molecule has 0 bridgehead atoms. The van der Waals surface area contributed by atoms with E-state index in [9.17, 15) is 5.02 Å². The lowest BCUT2D eigenvalue weighted by molar-refractivity contribution is 0.0899. The van der Waals surface area contributed by atoms with Crippen molar-refractivity contribution in [3.8, 4) is 11.3 Å². The Morgan fingerprint density at radius 1 is 1.17 bits per heavy atom. The van der Waals surface area contributed by atoms with E-state index in [1.165, 1.54) is 18.5 Å². The second kappa shape index (κ2) is 10.6. The van der Waals surface area contributed by atoms with E-state index in [1.807, 2.05) is 25.2 Å². The number of hydrogen-bond donors (Lipinski definition) is 1. The van der Waals surface area contributed by atoms with Gasteiger partial charge in [0, 0.05) is 64.0 Å². The van der Waals surface area contributed by atoms with Gasteiger partial charge in [0.05, 0.1) is 16.8 Å². The van der Waals surface area contributed by atoms with Gasteiger partial charge in [-0.15, -0.1) is 0 Å². The first-order chi connectivity index (χ1) is 17.3. The number of ether oxygens (including phenoxy) is 1. The molecule has 0 aromatic carbocycles. The molecule has 0 unspecified atom stereocenters. The maximum Gasteiger partial charge on any atom is 0.376 e. The summed E-state index contributed by atoms with van der Waals surface area (Å²) in [6.45, 7) is 12.2. The summed E-state index contributed by atoms with van der Waals surface area (Å²) < 4.78 is 8.23. The van der Waals surface area contributed by atoms with Crippen LogP contribution in [0, 0.1) is 0 Å². The van der Waals surface area contributed by atoms with Crippen LogP contribution in [0.25, 0.3) is 22.3 Å². The highest BCUT2D eigenvalue weighted by Crippen LogP contribution is 2.38. The minimum absolute atomic E-state index is 0.349. The molecule has 10 heteroatoms. The van der Waals surface area contributed by atoms with Crippen LogP contribution in [0.1, 0.15) is 25.7 Å². The van der Waals surface area contributed by atoms with Crippen LogP contribution in [0.5, 0.6) is 0 Å². The van der Waals surface area contributed by atoms with Gasteiger partial charge in [-0.2, -0.15) is 10.2 Å². The van der Waals surface area contributed by atoms with Crippen LogP contribution in [0.2, 0.25) is 32.5 Å². The fourth-order valence-corrected chi connectivity index (χ4v) is 6.20. The normalized spacial score (nSPS) is 18.8. The van der Waals surface area contributed by atoms with Crippen molar-refractivity contribution in [1.82, 2.24) is 24.6 Å². The SMILES string of the molecule is CB(O)N(C1CC1)[C@H]1CCCN(c2ccnc3c2c(-c2cccnn2)cn3COCC[Si](C)(C)C)C1. The van der Waals surface area contributed by atoms with E-state index < -0.39 is 15.1 Å². The first-order valence-corrected chi connectivity index (χ1v) is 17.1. The number of rotatable bonds is 10. The number of nitrogens with zero attached hydrogens (tertiary/aromatic N) is 6. The van der Waals surface area contributed by atoms with Crippen LogP contribution < -0.4 is 4.90 Å². The quantitative estimate of drug-likeness (QED) is 0.324. The van der Waals surface area contributed by atoms with Gasteiger partial charge in [-0.05, 0) is 56.7 Å². The molecule has 36 heavy (non-hydrogen) atoms. The van der Waals surface area contributed by atoms with E-state index in [1.54, 1.807) is 6.20 Å². The zero-order valence-electron chi connectivity index (χ0n) is 22.1. The third kappa shape index (κ3) is 5.67. The van der Waals surface area contributed by atoms with Crippen LogP contribution in [-0.4, -0.2) is 76.5 Å². The first-order valence-electron chi connectivity index (χ1n) is 13.4. The van der Waals surface area contributed by atoms with E-state index in [2.05, 4.69) is 56.4 Å². The minimum Gasteiger partial charge on any atom is -0.437 e. The molecule has 192 valence electrons. The van der Waals surface area contributed by atoms with Gasteiger partial charge in [0.15, 0.2) is 0 Å². The Hall–Kier alpha value is -2.27. The molecular weight excluding hydrogens is 467 g/mol. The molecule has 2 fully saturated rings. The van der Waals surface area contributed by atoms with Crippen molar-refractivity contribution in [2.45, 2.75) is 77.0 Å². The maximum atomic E-state index is 10.5. The van der Waals surface area contributed by atoms with E-state index in [-0.39, 0.29) is 0 Å². The molecule has 1 saturated carbocycles. The number of hydrogen-bond acceptors (Lipinski definition) is 7. The lowest BCUT2D eigenvalue weighted by atomic mass is 9.81. The van der Waals surface area contributed by atoms with Crippen molar-refractivity contribution < 1.29 is 9.76 Å². The molecule has 0 spiro atoms. The van der Waals surface area contributed by atoms with Crippen LogP contribution in [-0.2, 0) is 11.5 Å². The molecule has 1 aliphatic carbocycles. The van der Waals surface area contributed by atoms with E-state index >= 15 is 0 Å². The summed E-state index contributed by atoms with van der Waals surface area (Å²) in [5.41, 5.74) is 3.96. The molecule has 1 atom stereocenters. The average Bonchev–Trinajstić information content (AvgIpc) is 3.61. The maximum absolute atomic E-state index is 10.5. The van der Waals surface area contributed by atoms with Crippen LogP contribution in [0.15, 0.2) is 36.8 Å². The molecule has 3 aromatic rings. The summed E-state index contributed by atoms with van der Waals surface area (Å²) in [6, 6.07) is 8.08. The van der Waals surface area contributed by atoms with Gasteiger partial charge in [-0.3, -0.25) is 0 Å². The summed E-state index contributed by atoms with van der Waals surface area (Å²) >= 11 is 0. The summed E-state index contributed by atoms with van der Waals surface area (Å²) in [4.78, 5) is 9.61. The lowest BCUT2D eigenvalue weighted by Gasteiger charge is -2.41. The van der Waals surface area contributed by atoms with E-state index in [0.29, 0.717) is 18.8 Å². The second-order valence-electron chi connectivity index (χ2n) is 11.6. The van der Waals surface area contributed by atoms with Crippen LogP contribution in [0.3, 0.4) is 0 Å². The van der Waals surface area contributed by atoms with E-state index in [0.717, 1.165) is 60.9 Å². The molecular formula is C26H39BN6O2Si. The summed E-state index contributed by atoms with van der Waals surface area (Å²) in [6.07, 6.45) is 10.3. The zero-order chi connectivity index (χ0) is 25.3.